The highest BCUT2D eigenvalue weighted by Gasteiger charge is 2.12. The van der Waals surface area contributed by atoms with Crippen LogP contribution >= 0.6 is 11.8 Å². The van der Waals surface area contributed by atoms with Crippen molar-refractivity contribution in [3.63, 3.8) is 0 Å². The summed E-state index contributed by atoms with van der Waals surface area (Å²) in [5, 5.41) is 2.87. The van der Waals surface area contributed by atoms with E-state index < -0.39 is 0 Å². The Labute approximate surface area is 118 Å². The van der Waals surface area contributed by atoms with Gasteiger partial charge in [-0.15, -0.1) is 18.2 Å². The number of anilines is 2. The number of nitrogens with zero attached hydrogens (tertiary/aromatic N) is 1. The van der Waals surface area contributed by atoms with Crippen molar-refractivity contribution in [2.75, 3.05) is 42.8 Å². The van der Waals surface area contributed by atoms with E-state index in [1.165, 1.54) is 0 Å². The molecule has 19 heavy (non-hydrogen) atoms. The summed E-state index contributed by atoms with van der Waals surface area (Å²) < 4.78 is 0. The molecule has 1 rings (SSSR count). The molecule has 0 aliphatic heterocycles. The number of benzene rings is 1. The third kappa shape index (κ3) is 4.76. The molecule has 0 saturated heterocycles. The molecule has 1 aromatic rings. The number of carbonyl (C=O) groups is 1. The van der Waals surface area contributed by atoms with Crippen LogP contribution in [0.1, 0.15) is 10.4 Å². The van der Waals surface area contributed by atoms with Gasteiger partial charge in [0.1, 0.15) is 0 Å². The van der Waals surface area contributed by atoms with Crippen molar-refractivity contribution in [3.05, 3.63) is 23.8 Å². The molecule has 0 saturated carbocycles. The number of hydrogen-bond donors (Lipinski definition) is 2. The third-order valence-electron chi connectivity index (χ3n) is 2.46. The molecule has 5 heteroatoms. The summed E-state index contributed by atoms with van der Waals surface area (Å²) in [5.74, 6) is 3.90. The minimum Gasteiger partial charge on any atom is -0.399 e. The lowest BCUT2D eigenvalue weighted by Gasteiger charge is -2.17. The van der Waals surface area contributed by atoms with Gasteiger partial charge in [-0.25, -0.2) is 0 Å². The maximum absolute atomic E-state index is 12.1. The standard InChI is InChI=1S/C14H19N3OS/c1-4-8-19-9-7-16-14(18)12-10-11(15)5-6-13(12)17(2)3/h1,5-6,10H,7-9,15H2,2-3H3,(H,16,18). The first-order valence-electron chi connectivity index (χ1n) is 5.92. The summed E-state index contributed by atoms with van der Waals surface area (Å²) in [6, 6.07) is 5.32. The highest BCUT2D eigenvalue weighted by Crippen LogP contribution is 2.21. The third-order valence-corrected chi connectivity index (χ3v) is 3.33. The molecule has 0 unspecified atom stereocenters. The van der Waals surface area contributed by atoms with Crippen molar-refractivity contribution in [1.29, 1.82) is 0 Å². The normalized spacial score (nSPS) is 9.74. The van der Waals surface area contributed by atoms with Gasteiger partial charge in [0.2, 0.25) is 0 Å². The SMILES string of the molecule is C#CCSCCNC(=O)c1cc(N)ccc1N(C)C. The van der Waals surface area contributed by atoms with Gasteiger partial charge in [0, 0.05) is 37.8 Å². The second kappa shape index (κ2) is 7.59. The minimum atomic E-state index is -0.114. The fourth-order valence-electron chi connectivity index (χ4n) is 1.59. The van der Waals surface area contributed by atoms with Crippen molar-refractivity contribution < 1.29 is 4.79 Å². The number of terminal acetylenes is 1. The minimum absolute atomic E-state index is 0.114. The highest BCUT2D eigenvalue weighted by molar-refractivity contribution is 7.99. The Hall–Kier alpha value is -1.80. The topological polar surface area (TPSA) is 58.4 Å². The van der Waals surface area contributed by atoms with Gasteiger partial charge in [-0.05, 0) is 18.2 Å². The molecule has 0 spiro atoms. The molecule has 102 valence electrons. The summed E-state index contributed by atoms with van der Waals surface area (Å²) in [5.41, 5.74) is 7.76. The predicted molar refractivity (Wildman–Crippen MR) is 83.7 cm³/mol. The Morgan fingerprint density at radius 3 is 2.89 bits per heavy atom. The Morgan fingerprint density at radius 1 is 1.53 bits per heavy atom. The molecular weight excluding hydrogens is 258 g/mol. The number of nitrogen functional groups attached to an aromatic ring is 1. The molecule has 1 amide bonds. The number of nitrogens with one attached hydrogen (secondary N) is 1. The zero-order chi connectivity index (χ0) is 14.3. The summed E-state index contributed by atoms with van der Waals surface area (Å²) >= 11 is 1.62. The van der Waals surface area contributed by atoms with Gasteiger partial charge in [0.25, 0.3) is 5.91 Å². The van der Waals surface area contributed by atoms with Crippen molar-refractivity contribution in [2.45, 2.75) is 0 Å². The first-order chi connectivity index (χ1) is 9.06. The van der Waals surface area contributed by atoms with E-state index in [-0.39, 0.29) is 5.91 Å². The van der Waals surface area contributed by atoms with Crippen LogP contribution in [-0.2, 0) is 0 Å². The molecule has 3 N–H and O–H groups in total. The van der Waals surface area contributed by atoms with Crippen molar-refractivity contribution >= 4 is 29.0 Å². The summed E-state index contributed by atoms with van der Waals surface area (Å²) in [6.07, 6.45) is 5.15. The summed E-state index contributed by atoms with van der Waals surface area (Å²) in [4.78, 5) is 14.0. The van der Waals surface area contributed by atoms with Crippen LogP contribution in [0.4, 0.5) is 11.4 Å². The van der Waals surface area contributed by atoms with Crippen molar-refractivity contribution in [1.82, 2.24) is 5.32 Å². The fraction of sp³-hybridized carbons (Fsp3) is 0.357. The zero-order valence-corrected chi connectivity index (χ0v) is 12.1. The van der Waals surface area contributed by atoms with Crippen LogP contribution in [0.5, 0.6) is 0 Å². The van der Waals surface area contributed by atoms with E-state index in [1.807, 2.05) is 25.1 Å². The smallest absolute Gasteiger partial charge is 0.253 e. The molecule has 1 aromatic carbocycles. The van der Waals surface area contributed by atoms with Crippen molar-refractivity contribution in [2.24, 2.45) is 0 Å². The molecule has 0 aromatic heterocycles. The molecule has 0 bridgehead atoms. The number of carbonyl (C=O) groups excluding carboxylic acids is 1. The molecule has 0 aliphatic carbocycles. The molecule has 0 fully saturated rings. The number of amides is 1. The summed E-state index contributed by atoms with van der Waals surface area (Å²) in [7, 11) is 3.79. The number of nitrogens with two attached hydrogens (primary N) is 1. The summed E-state index contributed by atoms with van der Waals surface area (Å²) in [6.45, 7) is 0.590. The molecular formula is C14H19N3OS. The first kappa shape index (κ1) is 15.3. The molecule has 0 aliphatic rings. The average Bonchev–Trinajstić information content (AvgIpc) is 2.37. The Morgan fingerprint density at radius 2 is 2.26 bits per heavy atom. The lowest BCUT2D eigenvalue weighted by molar-refractivity contribution is 0.0957. The lowest BCUT2D eigenvalue weighted by atomic mass is 10.1. The average molecular weight is 277 g/mol. The van der Waals surface area contributed by atoms with Crippen molar-refractivity contribution in [3.8, 4) is 12.3 Å². The Kier molecular flexibility index (Phi) is 6.10. The second-order valence-corrected chi connectivity index (χ2v) is 5.29. The zero-order valence-electron chi connectivity index (χ0n) is 11.3. The molecule has 4 nitrogen and oxygen atoms in total. The Bertz CT molecular complexity index is 480. The van der Waals surface area contributed by atoms with Crippen LogP contribution in [0.25, 0.3) is 0 Å². The largest absolute Gasteiger partial charge is 0.399 e. The van der Waals surface area contributed by atoms with Crippen LogP contribution in [0.2, 0.25) is 0 Å². The van der Waals surface area contributed by atoms with Gasteiger partial charge < -0.3 is 16.0 Å². The first-order valence-corrected chi connectivity index (χ1v) is 7.08. The predicted octanol–water partition coefficient (Wildman–Crippen LogP) is 1.43. The van der Waals surface area contributed by atoms with E-state index in [0.29, 0.717) is 23.5 Å². The number of rotatable bonds is 6. The van der Waals surface area contributed by atoms with Crippen LogP contribution in [-0.4, -0.2) is 38.1 Å². The monoisotopic (exact) mass is 277 g/mol. The quantitative estimate of drug-likeness (QED) is 0.469. The second-order valence-electron chi connectivity index (χ2n) is 4.18. The fourth-order valence-corrected chi connectivity index (χ4v) is 2.10. The lowest BCUT2D eigenvalue weighted by Crippen LogP contribution is -2.27. The van der Waals surface area contributed by atoms with Gasteiger partial charge >= 0.3 is 0 Å². The maximum Gasteiger partial charge on any atom is 0.253 e. The van der Waals surface area contributed by atoms with Crippen LogP contribution in [0.15, 0.2) is 18.2 Å². The van der Waals surface area contributed by atoms with Gasteiger partial charge in [-0.3, -0.25) is 4.79 Å². The van der Waals surface area contributed by atoms with Gasteiger partial charge in [-0.1, -0.05) is 5.92 Å². The number of thioether (sulfide) groups is 1. The molecule has 0 heterocycles. The van der Waals surface area contributed by atoms with E-state index in [2.05, 4.69) is 11.2 Å². The maximum atomic E-state index is 12.1. The Balaban J connectivity index is 2.66. The van der Waals surface area contributed by atoms with Crippen LogP contribution in [0, 0.1) is 12.3 Å². The van der Waals surface area contributed by atoms with Gasteiger partial charge in [0.05, 0.1) is 11.3 Å². The van der Waals surface area contributed by atoms with Gasteiger partial charge in [0.15, 0.2) is 0 Å². The highest BCUT2D eigenvalue weighted by atomic mass is 32.2. The molecule has 0 atom stereocenters. The van der Waals surface area contributed by atoms with Crippen LogP contribution < -0.4 is 16.0 Å². The van der Waals surface area contributed by atoms with E-state index in [4.69, 9.17) is 12.2 Å². The van der Waals surface area contributed by atoms with E-state index in [9.17, 15) is 4.79 Å². The van der Waals surface area contributed by atoms with E-state index >= 15 is 0 Å². The van der Waals surface area contributed by atoms with Crippen LogP contribution in [0.3, 0.4) is 0 Å². The van der Waals surface area contributed by atoms with E-state index in [0.717, 1.165) is 11.4 Å². The van der Waals surface area contributed by atoms with Gasteiger partial charge in [-0.2, -0.15) is 0 Å². The van der Waals surface area contributed by atoms with E-state index in [1.54, 1.807) is 23.9 Å². The molecule has 0 radical (unpaired) electrons. The number of hydrogen-bond acceptors (Lipinski definition) is 4.